The second-order valence-electron chi connectivity index (χ2n) is 7.14. The van der Waals surface area contributed by atoms with Gasteiger partial charge in [0.1, 0.15) is 12.4 Å². The van der Waals surface area contributed by atoms with Gasteiger partial charge in [0.15, 0.2) is 0 Å². The molecule has 27 heavy (non-hydrogen) atoms. The van der Waals surface area contributed by atoms with Crippen LogP contribution in [0.4, 0.5) is 0 Å². The quantitative estimate of drug-likeness (QED) is 0.267. The third-order valence-corrected chi connectivity index (χ3v) is 4.88. The SMILES string of the molecule is CCCCCCCCCCCCOCC(=O)OC1=CCc2ccccc21.Cl. The van der Waals surface area contributed by atoms with Crippen LogP contribution in [0.25, 0.3) is 5.76 Å². The van der Waals surface area contributed by atoms with Gasteiger partial charge in [0.05, 0.1) is 0 Å². The summed E-state index contributed by atoms with van der Waals surface area (Å²) in [4.78, 5) is 11.9. The lowest BCUT2D eigenvalue weighted by Crippen LogP contribution is -2.12. The lowest BCUT2D eigenvalue weighted by molar-refractivity contribution is -0.141. The minimum Gasteiger partial charge on any atom is -0.425 e. The Morgan fingerprint density at radius 1 is 0.926 bits per heavy atom. The molecule has 152 valence electrons. The third-order valence-electron chi connectivity index (χ3n) is 4.88. The van der Waals surface area contributed by atoms with Crippen molar-refractivity contribution in [3.63, 3.8) is 0 Å². The van der Waals surface area contributed by atoms with Crippen molar-refractivity contribution in [3.8, 4) is 0 Å². The summed E-state index contributed by atoms with van der Waals surface area (Å²) < 4.78 is 10.9. The van der Waals surface area contributed by atoms with E-state index < -0.39 is 0 Å². The predicted octanol–water partition coefficient (Wildman–Crippen LogP) is 6.49. The molecule has 2 rings (SSSR count). The van der Waals surface area contributed by atoms with Crippen LogP contribution in [0.1, 0.15) is 82.3 Å². The van der Waals surface area contributed by atoms with Gasteiger partial charge in [-0.25, -0.2) is 4.79 Å². The van der Waals surface area contributed by atoms with E-state index in [-0.39, 0.29) is 25.0 Å². The van der Waals surface area contributed by atoms with E-state index >= 15 is 0 Å². The number of carbonyl (C=O) groups is 1. The Morgan fingerprint density at radius 3 is 2.26 bits per heavy atom. The summed E-state index contributed by atoms with van der Waals surface area (Å²) >= 11 is 0. The van der Waals surface area contributed by atoms with Gasteiger partial charge in [-0.15, -0.1) is 12.4 Å². The highest BCUT2D eigenvalue weighted by Gasteiger charge is 2.17. The van der Waals surface area contributed by atoms with Gasteiger partial charge in [0.2, 0.25) is 0 Å². The van der Waals surface area contributed by atoms with E-state index in [0.29, 0.717) is 12.4 Å². The van der Waals surface area contributed by atoms with E-state index in [9.17, 15) is 4.79 Å². The van der Waals surface area contributed by atoms with Crippen molar-refractivity contribution in [3.05, 3.63) is 41.5 Å². The van der Waals surface area contributed by atoms with E-state index in [0.717, 1.165) is 18.4 Å². The van der Waals surface area contributed by atoms with Crippen molar-refractivity contribution in [1.29, 1.82) is 0 Å². The molecular weight excluding hydrogens is 360 g/mol. The Hall–Kier alpha value is -1.32. The van der Waals surface area contributed by atoms with Gasteiger partial charge >= 0.3 is 5.97 Å². The molecule has 1 aliphatic rings. The number of halogens is 1. The van der Waals surface area contributed by atoms with Gasteiger partial charge in [-0.05, 0) is 24.5 Å². The number of rotatable bonds is 14. The summed E-state index contributed by atoms with van der Waals surface area (Å²) in [5.41, 5.74) is 2.23. The summed E-state index contributed by atoms with van der Waals surface area (Å²) in [6, 6.07) is 8.03. The largest absolute Gasteiger partial charge is 0.425 e. The number of benzene rings is 1. The zero-order valence-corrected chi connectivity index (χ0v) is 17.5. The molecule has 4 heteroatoms. The first-order valence-corrected chi connectivity index (χ1v) is 10.4. The second-order valence-corrected chi connectivity index (χ2v) is 7.14. The molecule has 0 radical (unpaired) electrons. The van der Waals surface area contributed by atoms with Crippen molar-refractivity contribution >= 4 is 24.1 Å². The topological polar surface area (TPSA) is 35.5 Å². The molecule has 0 saturated heterocycles. The third kappa shape index (κ3) is 9.44. The summed E-state index contributed by atoms with van der Waals surface area (Å²) in [6.45, 7) is 2.94. The van der Waals surface area contributed by atoms with Crippen LogP contribution in [0, 0.1) is 0 Å². The van der Waals surface area contributed by atoms with Crippen molar-refractivity contribution in [2.45, 2.75) is 77.6 Å². The molecule has 0 amide bonds. The van der Waals surface area contributed by atoms with E-state index in [1.54, 1.807) is 0 Å². The van der Waals surface area contributed by atoms with Crippen LogP contribution in [-0.2, 0) is 20.7 Å². The molecule has 0 atom stereocenters. The number of carbonyl (C=O) groups excluding carboxylic acids is 1. The number of hydrogen-bond acceptors (Lipinski definition) is 3. The van der Waals surface area contributed by atoms with E-state index in [2.05, 4.69) is 13.0 Å². The Bertz CT molecular complexity index is 568. The number of fused-ring (bicyclic) bond motifs is 1. The first-order chi connectivity index (χ1) is 12.8. The minimum absolute atomic E-state index is 0. The molecule has 1 aliphatic carbocycles. The van der Waals surface area contributed by atoms with Crippen LogP contribution < -0.4 is 0 Å². The number of esters is 1. The molecule has 0 aliphatic heterocycles. The summed E-state index contributed by atoms with van der Waals surface area (Å²) in [5.74, 6) is 0.369. The van der Waals surface area contributed by atoms with Crippen LogP contribution in [0.5, 0.6) is 0 Å². The Balaban J connectivity index is 0.00000364. The van der Waals surface area contributed by atoms with Crippen LogP contribution in [-0.4, -0.2) is 19.2 Å². The minimum atomic E-state index is -0.306. The summed E-state index contributed by atoms with van der Waals surface area (Å²) in [5, 5.41) is 0. The van der Waals surface area contributed by atoms with Gasteiger partial charge in [-0.1, -0.05) is 89.0 Å². The molecule has 0 saturated carbocycles. The van der Waals surface area contributed by atoms with Crippen LogP contribution >= 0.6 is 12.4 Å². The fourth-order valence-corrected chi connectivity index (χ4v) is 3.35. The average molecular weight is 395 g/mol. The molecule has 0 aromatic heterocycles. The first kappa shape index (κ1) is 23.7. The van der Waals surface area contributed by atoms with Crippen LogP contribution in [0.3, 0.4) is 0 Å². The molecule has 0 bridgehead atoms. The highest BCUT2D eigenvalue weighted by molar-refractivity contribution is 5.85. The van der Waals surface area contributed by atoms with Crippen LogP contribution in [0.15, 0.2) is 30.3 Å². The first-order valence-electron chi connectivity index (χ1n) is 10.4. The molecule has 1 aromatic rings. The lowest BCUT2D eigenvalue weighted by atomic mass is 10.1. The molecule has 3 nitrogen and oxygen atoms in total. The standard InChI is InChI=1S/C23H34O3.ClH/c1-2-3-4-5-6-7-8-9-10-13-18-25-19-23(24)26-22-17-16-20-14-11-12-15-21(20)22;/h11-12,14-15,17H,2-10,13,16,18-19H2,1H3;1H. The Kier molecular flexibility index (Phi) is 12.9. The molecule has 1 aromatic carbocycles. The highest BCUT2D eigenvalue weighted by Crippen LogP contribution is 2.27. The number of unbranched alkanes of at least 4 members (excludes halogenated alkanes) is 9. The lowest BCUT2D eigenvalue weighted by Gasteiger charge is -2.08. The van der Waals surface area contributed by atoms with Crippen molar-refractivity contribution in [2.24, 2.45) is 0 Å². The predicted molar refractivity (Wildman–Crippen MR) is 114 cm³/mol. The smallest absolute Gasteiger partial charge is 0.337 e. The number of hydrogen-bond donors (Lipinski definition) is 0. The maximum absolute atomic E-state index is 11.9. The molecule has 0 N–H and O–H groups in total. The molecule has 0 spiro atoms. The monoisotopic (exact) mass is 394 g/mol. The fraction of sp³-hybridized carbons (Fsp3) is 0.609. The van der Waals surface area contributed by atoms with Gasteiger partial charge in [0.25, 0.3) is 0 Å². The van der Waals surface area contributed by atoms with Gasteiger partial charge < -0.3 is 9.47 Å². The number of allylic oxidation sites excluding steroid dienone is 1. The van der Waals surface area contributed by atoms with E-state index in [4.69, 9.17) is 9.47 Å². The normalized spacial score (nSPS) is 12.3. The Morgan fingerprint density at radius 2 is 1.56 bits per heavy atom. The molecular formula is C23H35ClO3. The maximum atomic E-state index is 11.9. The van der Waals surface area contributed by atoms with Gasteiger partial charge in [0, 0.05) is 12.2 Å². The van der Waals surface area contributed by atoms with Gasteiger partial charge in [-0.3, -0.25) is 0 Å². The molecule has 0 unspecified atom stereocenters. The highest BCUT2D eigenvalue weighted by atomic mass is 35.5. The van der Waals surface area contributed by atoms with Crippen molar-refractivity contribution in [1.82, 2.24) is 0 Å². The van der Waals surface area contributed by atoms with E-state index in [1.807, 2.05) is 24.3 Å². The van der Waals surface area contributed by atoms with E-state index in [1.165, 1.54) is 63.4 Å². The zero-order chi connectivity index (χ0) is 18.5. The number of ether oxygens (including phenoxy) is 2. The fourth-order valence-electron chi connectivity index (χ4n) is 3.35. The van der Waals surface area contributed by atoms with Crippen molar-refractivity contribution < 1.29 is 14.3 Å². The molecule has 0 fully saturated rings. The van der Waals surface area contributed by atoms with Crippen LogP contribution in [0.2, 0.25) is 0 Å². The summed E-state index contributed by atoms with van der Waals surface area (Å²) in [6.07, 6.45) is 15.8. The Labute approximate surface area is 170 Å². The average Bonchev–Trinajstić information content (AvgIpc) is 3.05. The zero-order valence-electron chi connectivity index (χ0n) is 16.7. The van der Waals surface area contributed by atoms with Crippen molar-refractivity contribution in [2.75, 3.05) is 13.2 Å². The van der Waals surface area contributed by atoms with Gasteiger partial charge in [-0.2, -0.15) is 0 Å². The summed E-state index contributed by atoms with van der Waals surface area (Å²) in [7, 11) is 0. The maximum Gasteiger partial charge on any atom is 0.337 e. The molecule has 0 heterocycles. The second kappa shape index (κ2) is 14.7.